The molecular weight excluding hydrogens is 520 g/mol. The number of aromatic nitrogens is 2. The van der Waals surface area contributed by atoms with Crippen LogP contribution in [0.4, 0.5) is 0 Å². The summed E-state index contributed by atoms with van der Waals surface area (Å²) < 4.78 is 24.0. The van der Waals surface area contributed by atoms with E-state index in [1.807, 2.05) is 49.4 Å². The van der Waals surface area contributed by atoms with Crippen molar-refractivity contribution >= 4 is 16.7 Å². The van der Waals surface area contributed by atoms with E-state index >= 15 is 0 Å². The number of ether oxygens (including phenoxy) is 4. The second-order valence-corrected chi connectivity index (χ2v) is 9.45. The predicted molar refractivity (Wildman–Crippen MR) is 157 cm³/mol. The van der Waals surface area contributed by atoms with Crippen LogP contribution in [0.25, 0.3) is 21.9 Å². The van der Waals surface area contributed by atoms with E-state index < -0.39 is 5.97 Å². The van der Waals surface area contributed by atoms with Crippen LogP contribution >= 0.6 is 0 Å². The number of carbonyl (C=O) groups is 1. The van der Waals surface area contributed by atoms with Crippen LogP contribution in [0.5, 0.6) is 17.2 Å². The minimum atomic E-state index is -0.643. The lowest BCUT2D eigenvalue weighted by atomic mass is 9.94. The normalized spacial score (nSPS) is 10.8. The smallest absolute Gasteiger partial charge is 0.355 e. The fraction of sp³-hybridized carbons (Fsp3) is 0.182. The number of nitrogens with zero attached hydrogens (tertiary/aromatic N) is 2. The highest BCUT2D eigenvalue weighted by Crippen LogP contribution is 2.39. The predicted octanol–water partition coefficient (Wildman–Crippen LogP) is 5.80. The van der Waals surface area contributed by atoms with E-state index in [0.29, 0.717) is 45.8 Å². The molecule has 0 unspecified atom stereocenters. The van der Waals surface area contributed by atoms with Crippen LogP contribution in [-0.2, 0) is 17.9 Å². The van der Waals surface area contributed by atoms with Crippen molar-refractivity contribution in [1.82, 2.24) is 9.55 Å². The molecule has 0 radical (unpaired) electrons. The first-order chi connectivity index (χ1) is 19.9. The molecule has 0 saturated carbocycles. The summed E-state index contributed by atoms with van der Waals surface area (Å²) in [5.74, 6) is 1.05. The van der Waals surface area contributed by atoms with Crippen LogP contribution in [0.15, 0.2) is 90.0 Å². The SMILES string of the molecule is COC(=O)c1c(-c2cc(OC)c(C)c(OC)c2)c2ccc(OCc3ccccc3)cc2c(=O)n1Cc1ccncc1. The quantitative estimate of drug-likeness (QED) is 0.214. The van der Waals surface area contributed by atoms with Crippen molar-refractivity contribution < 1.29 is 23.7 Å². The van der Waals surface area contributed by atoms with Crippen molar-refractivity contribution in [2.75, 3.05) is 21.3 Å². The summed E-state index contributed by atoms with van der Waals surface area (Å²) in [5, 5.41) is 0.965. The maximum Gasteiger partial charge on any atom is 0.355 e. The molecule has 5 rings (SSSR count). The Kier molecular flexibility index (Phi) is 8.01. The molecule has 0 saturated heterocycles. The molecule has 8 nitrogen and oxygen atoms in total. The van der Waals surface area contributed by atoms with E-state index in [9.17, 15) is 9.59 Å². The Hall–Kier alpha value is -5.11. The molecule has 2 aromatic heterocycles. The van der Waals surface area contributed by atoms with Gasteiger partial charge in [0.25, 0.3) is 5.56 Å². The molecule has 208 valence electrons. The maximum atomic E-state index is 14.1. The molecule has 0 atom stereocenters. The van der Waals surface area contributed by atoms with Gasteiger partial charge in [0.1, 0.15) is 29.5 Å². The molecule has 0 aliphatic rings. The van der Waals surface area contributed by atoms with Gasteiger partial charge in [-0.1, -0.05) is 30.3 Å². The van der Waals surface area contributed by atoms with Crippen molar-refractivity contribution in [3.8, 4) is 28.4 Å². The third-order valence-corrected chi connectivity index (χ3v) is 7.00. The molecule has 0 N–H and O–H groups in total. The number of pyridine rings is 2. The average molecular weight is 551 g/mol. The Morgan fingerprint density at radius 3 is 2.15 bits per heavy atom. The fourth-order valence-electron chi connectivity index (χ4n) is 4.91. The summed E-state index contributed by atoms with van der Waals surface area (Å²) in [6.45, 7) is 2.36. The lowest BCUT2D eigenvalue weighted by molar-refractivity contribution is 0.0588. The van der Waals surface area contributed by atoms with Crippen molar-refractivity contribution in [2.24, 2.45) is 0 Å². The minimum absolute atomic E-state index is 0.118. The Labute approximate surface area is 237 Å². The first-order valence-corrected chi connectivity index (χ1v) is 13.0. The zero-order valence-corrected chi connectivity index (χ0v) is 23.3. The molecule has 41 heavy (non-hydrogen) atoms. The molecule has 0 aliphatic heterocycles. The van der Waals surface area contributed by atoms with Crippen molar-refractivity contribution in [2.45, 2.75) is 20.1 Å². The van der Waals surface area contributed by atoms with Gasteiger partial charge in [-0.2, -0.15) is 0 Å². The average Bonchev–Trinajstić information content (AvgIpc) is 3.02. The van der Waals surface area contributed by atoms with Gasteiger partial charge < -0.3 is 18.9 Å². The number of fused-ring (bicyclic) bond motifs is 1. The van der Waals surface area contributed by atoms with E-state index in [-0.39, 0.29) is 17.8 Å². The van der Waals surface area contributed by atoms with Gasteiger partial charge in [-0.05, 0) is 71.5 Å². The fourth-order valence-corrected chi connectivity index (χ4v) is 4.91. The number of methoxy groups -OCH3 is 3. The minimum Gasteiger partial charge on any atom is -0.496 e. The number of hydrogen-bond acceptors (Lipinski definition) is 7. The van der Waals surface area contributed by atoms with Gasteiger partial charge in [-0.3, -0.25) is 14.3 Å². The Balaban J connectivity index is 1.79. The summed E-state index contributed by atoms with van der Waals surface area (Å²) >= 11 is 0. The molecule has 0 spiro atoms. The molecule has 8 heteroatoms. The Bertz CT molecular complexity index is 1740. The number of hydrogen-bond donors (Lipinski definition) is 0. The standard InChI is InChI=1S/C33H30N2O6/c1-21-28(38-2)16-24(17-29(21)39-3)30-26-11-10-25(41-20-23-8-6-5-7-9-23)18-27(26)32(36)35(31(30)33(37)40-4)19-22-12-14-34-15-13-22/h5-18H,19-20H2,1-4H3. The van der Waals surface area contributed by atoms with Crippen LogP contribution < -0.4 is 19.8 Å². The second-order valence-electron chi connectivity index (χ2n) is 9.45. The van der Waals surface area contributed by atoms with Gasteiger partial charge in [-0.15, -0.1) is 0 Å². The van der Waals surface area contributed by atoms with Crippen molar-refractivity contribution in [1.29, 1.82) is 0 Å². The highest BCUT2D eigenvalue weighted by molar-refractivity contribution is 6.07. The van der Waals surface area contributed by atoms with E-state index in [1.54, 1.807) is 56.9 Å². The zero-order chi connectivity index (χ0) is 28.9. The van der Waals surface area contributed by atoms with Gasteiger partial charge in [0.15, 0.2) is 0 Å². The lowest BCUT2D eigenvalue weighted by Gasteiger charge is -2.20. The van der Waals surface area contributed by atoms with Gasteiger partial charge in [0.2, 0.25) is 0 Å². The van der Waals surface area contributed by atoms with Gasteiger partial charge in [0.05, 0.1) is 33.3 Å². The molecule has 0 fully saturated rings. The Morgan fingerprint density at radius 2 is 1.51 bits per heavy atom. The molecule has 2 heterocycles. The van der Waals surface area contributed by atoms with Crippen LogP contribution in [0.1, 0.15) is 27.2 Å². The first kappa shape index (κ1) is 27.5. The summed E-state index contributed by atoms with van der Waals surface area (Å²) in [5.41, 5.74) is 3.54. The monoisotopic (exact) mass is 550 g/mol. The number of carbonyl (C=O) groups excluding carboxylic acids is 1. The second kappa shape index (κ2) is 12.0. The van der Waals surface area contributed by atoms with Crippen LogP contribution in [-0.4, -0.2) is 36.8 Å². The Morgan fingerprint density at radius 1 is 0.829 bits per heavy atom. The van der Waals surface area contributed by atoms with Gasteiger partial charge >= 0.3 is 5.97 Å². The highest BCUT2D eigenvalue weighted by Gasteiger charge is 2.26. The van der Waals surface area contributed by atoms with Crippen LogP contribution in [0, 0.1) is 6.92 Å². The first-order valence-electron chi connectivity index (χ1n) is 13.0. The maximum absolute atomic E-state index is 14.1. The molecule has 3 aromatic carbocycles. The zero-order valence-electron chi connectivity index (χ0n) is 23.3. The van der Waals surface area contributed by atoms with E-state index in [1.165, 1.54) is 11.7 Å². The van der Waals surface area contributed by atoms with E-state index in [2.05, 4.69) is 4.98 Å². The highest BCUT2D eigenvalue weighted by atomic mass is 16.5. The lowest BCUT2D eigenvalue weighted by Crippen LogP contribution is -2.28. The summed E-state index contributed by atoms with van der Waals surface area (Å²) in [4.78, 5) is 31.6. The molecule has 0 amide bonds. The van der Waals surface area contributed by atoms with Crippen molar-refractivity contribution in [3.63, 3.8) is 0 Å². The topological polar surface area (TPSA) is 88.9 Å². The molecular formula is C33H30N2O6. The van der Waals surface area contributed by atoms with E-state index in [0.717, 1.165) is 16.7 Å². The molecule has 0 aliphatic carbocycles. The number of rotatable bonds is 9. The third-order valence-electron chi connectivity index (χ3n) is 7.00. The van der Waals surface area contributed by atoms with Crippen LogP contribution in [0.2, 0.25) is 0 Å². The van der Waals surface area contributed by atoms with Gasteiger partial charge in [0, 0.05) is 23.5 Å². The third kappa shape index (κ3) is 5.49. The van der Waals surface area contributed by atoms with Crippen molar-refractivity contribution in [3.05, 3.63) is 118 Å². The molecule has 5 aromatic rings. The summed E-state index contributed by atoms with van der Waals surface area (Å²) in [6.07, 6.45) is 3.29. The largest absolute Gasteiger partial charge is 0.496 e. The number of esters is 1. The van der Waals surface area contributed by atoms with Gasteiger partial charge in [-0.25, -0.2) is 4.79 Å². The summed E-state index contributed by atoms with van der Waals surface area (Å²) in [7, 11) is 4.45. The van der Waals surface area contributed by atoms with E-state index in [4.69, 9.17) is 18.9 Å². The number of benzene rings is 3. The summed E-state index contributed by atoms with van der Waals surface area (Å²) in [6, 6.07) is 22.4. The van der Waals surface area contributed by atoms with Crippen LogP contribution in [0.3, 0.4) is 0 Å². The molecule has 0 bridgehead atoms.